The van der Waals surface area contributed by atoms with Gasteiger partial charge in [0.1, 0.15) is 17.0 Å². The van der Waals surface area contributed by atoms with Crippen LogP contribution in [-0.4, -0.2) is 34.5 Å². The summed E-state index contributed by atoms with van der Waals surface area (Å²) in [6, 6.07) is 12.4. The first-order chi connectivity index (χ1) is 14.5. The molecule has 1 aromatic carbocycles. The molecular weight excluding hydrogens is 414 g/mol. The summed E-state index contributed by atoms with van der Waals surface area (Å²) < 4.78 is 0. The van der Waals surface area contributed by atoms with Gasteiger partial charge < -0.3 is 10.2 Å². The van der Waals surface area contributed by atoms with E-state index in [1.54, 1.807) is 17.7 Å². The van der Waals surface area contributed by atoms with Gasteiger partial charge in [-0.25, -0.2) is 15.0 Å². The van der Waals surface area contributed by atoms with E-state index in [0.29, 0.717) is 24.0 Å². The number of fused-ring (bicyclic) bond motifs is 1. The number of amides is 1. The molecule has 6 nitrogen and oxygen atoms in total. The Labute approximate surface area is 183 Å². The fraction of sp³-hybridized carbons (Fsp3) is 0.273. The van der Waals surface area contributed by atoms with Crippen molar-refractivity contribution in [2.24, 2.45) is 0 Å². The van der Waals surface area contributed by atoms with Gasteiger partial charge in [-0.2, -0.15) is 0 Å². The van der Waals surface area contributed by atoms with Crippen LogP contribution >= 0.6 is 22.7 Å². The summed E-state index contributed by atoms with van der Waals surface area (Å²) in [5, 5.41) is 6.55. The quantitative estimate of drug-likeness (QED) is 0.419. The smallest absolute Gasteiger partial charge is 0.227 e. The first-order valence-corrected chi connectivity index (χ1v) is 11.5. The standard InChI is InChI=1S/C22H23N5OS2/c1-14(2)17-12-29-22(25-17)26-19(28)9-10-27(3)20-16-11-18(15-7-5-4-6-8-15)30-21(16)24-13-23-20/h4-8,11-14H,9-10H2,1-3H3,(H,25,26,28). The lowest BCUT2D eigenvalue weighted by atomic mass is 10.2. The van der Waals surface area contributed by atoms with E-state index < -0.39 is 0 Å². The fourth-order valence-electron chi connectivity index (χ4n) is 3.06. The molecule has 1 amide bonds. The van der Waals surface area contributed by atoms with Gasteiger partial charge in [0.25, 0.3) is 0 Å². The summed E-state index contributed by atoms with van der Waals surface area (Å²) in [7, 11) is 1.95. The predicted octanol–water partition coefficient (Wildman–Crippen LogP) is 5.40. The summed E-state index contributed by atoms with van der Waals surface area (Å²) in [6.07, 6.45) is 1.94. The van der Waals surface area contributed by atoms with Crippen molar-refractivity contribution in [2.75, 3.05) is 23.8 Å². The van der Waals surface area contributed by atoms with E-state index in [2.05, 4.69) is 52.3 Å². The molecule has 0 aliphatic heterocycles. The Hall–Kier alpha value is -2.84. The zero-order chi connectivity index (χ0) is 21.1. The Bertz CT molecular complexity index is 1150. The highest BCUT2D eigenvalue weighted by Gasteiger charge is 2.15. The number of hydrogen-bond donors (Lipinski definition) is 1. The van der Waals surface area contributed by atoms with E-state index in [0.717, 1.165) is 32.2 Å². The predicted molar refractivity (Wildman–Crippen MR) is 126 cm³/mol. The van der Waals surface area contributed by atoms with Gasteiger partial charge in [-0.05, 0) is 17.5 Å². The van der Waals surface area contributed by atoms with Gasteiger partial charge in [0.2, 0.25) is 5.91 Å². The van der Waals surface area contributed by atoms with Gasteiger partial charge in [0.15, 0.2) is 5.13 Å². The number of benzene rings is 1. The molecule has 0 saturated carbocycles. The third kappa shape index (κ3) is 4.49. The molecule has 4 aromatic rings. The van der Waals surface area contributed by atoms with E-state index in [4.69, 9.17) is 0 Å². The summed E-state index contributed by atoms with van der Waals surface area (Å²) in [5.74, 6) is 1.14. The van der Waals surface area contributed by atoms with Crippen LogP contribution in [0.3, 0.4) is 0 Å². The van der Waals surface area contributed by atoms with Crippen molar-refractivity contribution in [1.29, 1.82) is 0 Å². The minimum Gasteiger partial charge on any atom is -0.359 e. The van der Waals surface area contributed by atoms with Crippen LogP contribution in [0.25, 0.3) is 20.7 Å². The molecule has 0 fully saturated rings. The second kappa shape index (κ2) is 8.89. The number of carbonyl (C=O) groups excluding carboxylic acids is 1. The number of hydrogen-bond acceptors (Lipinski definition) is 7. The van der Waals surface area contributed by atoms with Gasteiger partial charge in [-0.1, -0.05) is 44.2 Å². The normalized spacial score (nSPS) is 11.2. The van der Waals surface area contributed by atoms with E-state index in [1.807, 2.05) is 35.5 Å². The number of nitrogens with one attached hydrogen (secondary N) is 1. The van der Waals surface area contributed by atoms with Crippen molar-refractivity contribution < 1.29 is 4.79 Å². The highest BCUT2D eigenvalue weighted by molar-refractivity contribution is 7.21. The molecule has 4 rings (SSSR count). The van der Waals surface area contributed by atoms with Gasteiger partial charge in [0, 0.05) is 30.3 Å². The van der Waals surface area contributed by atoms with Crippen LogP contribution < -0.4 is 10.2 Å². The molecule has 0 radical (unpaired) electrons. The third-order valence-electron chi connectivity index (χ3n) is 4.76. The molecule has 0 spiro atoms. The molecule has 154 valence electrons. The molecule has 0 unspecified atom stereocenters. The van der Waals surface area contributed by atoms with E-state index >= 15 is 0 Å². The third-order valence-corrected chi connectivity index (χ3v) is 6.63. The zero-order valence-corrected chi connectivity index (χ0v) is 18.8. The topological polar surface area (TPSA) is 71.0 Å². The Morgan fingerprint density at radius 3 is 2.73 bits per heavy atom. The van der Waals surface area contributed by atoms with Crippen LogP contribution in [0.5, 0.6) is 0 Å². The second-order valence-corrected chi connectivity index (χ2v) is 9.23. The molecule has 0 atom stereocenters. The zero-order valence-electron chi connectivity index (χ0n) is 17.1. The molecule has 3 aromatic heterocycles. The highest BCUT2D eigenvalue weighted by atomic mass is 32.1. The SMILES string of the molecule is CC(C)c1csc(NC(=O)CCN(C)c2ncnc3sc(-c4ccccc4)cc23)n1. The number of anilines is 2. The van der Waals surface area contributed by atoms with E-state index in [1.165, 1.54) is 11.3 Å². The van der Waals surface area contributed by atoms with Crippen LogP contribution in [0.15, 0.2) is 48.1 Å². The van der Waals surface area contributed by atoms with Crippen molar-refractivity contribution in [3.05, 3.63) is 53.8 Å². The van der Waals surface area contributed by atoms with Crippen molar-refractivity contribution in [3.63, 3.8) is 0 Å². The van der Waals surface area contributed by atoms with Crippen molar-refractivity contribution >= 4 is 49.7 Å². The van der Waals surface area contributed by atoms with Crippen molar-refractivity contribution in [1.82, 2.24) is 15.0 Å². The molecule has 3 heterocycles. The van der Waals surface area contributed by atoms with Gasteiger partial charge >= 0.3 is 0 Å². The number of carbonyl (C=O) groups is 1. The maximum absolute atomic E-state index is 12.4. The summed E-state index contributed by atoms with van der Waals surface area (Å²) in [5.41, 5.74) is 2.17. The van der Waals surface area contributed by atoms with Crippen molar-refractivity contribution in [2.45, 2.75) is 26.2 Å². The lowest BCUT2D eigenvalue weighted by Gasteiger charge is -2.18. The molecule has 30 heavy (non-hydrogen) atoms. The molecule has 0 saturated heterocycles. The Balaban J connectivity index is 1.44. The molecule has 0 aliphatic carbocycles. The van der Waals surface area contributed by atoms with Gasteiger partial charge in [-0.15, -0.1) is 22.7 Å². The van der Waals surface area contributed by atoms with Crippen LogP contribution in [-0.2, 0) is 4.79 Å². The minimum absolute atomic E-state index is 0.0490. The fourth-order valence-corrected chi connectivity index (χ4v) is 4.94. The summed E-state index contributed by atoms with van der Waals surface area (Å²) in [4.78, 5) is 29.9. The monoisotopic (exact) mass is 437 g/mol. The maximum atomic E-state index is 12.4. The van der Waals surface area contributed by atoms with E-state index in [-0.39, 0.29) is 5.91 Å². The highest BCUT2D eigenvalue weighted by Crippen LogP contribution is 2.35. The average Bonchev–Trinajstić information content (AvgIpc) is 3.39. The molecule has 1 N–H and O–H groups in total. The number of rotatable bonds is 7. The molecule has 0 aliphatic rings. The first-order valence-electron chi connectivity index (χ1n) is 9.77. The lowest BCUT2D eigenvalue weighted by Crippen LogP contribution is -2.24. The Kier molecular flexibility index (Phi) is 6.06. The molecular formula is C22H23N5OS2. The second-order valence-electron chi connectivity index (χ2n) is 7.34. The maximum Gasteiger partial charge on any atom is 0.227 e. The summed E-state index contributed by atoms with van der Waals surface area (Å²) >= 11 is 3.11. The Morgan fingerprint density at radius 1 is 1.20 bits per heavy atom. The molecule has 8 heteroatoms. The van der Waals surface area contributed by atoms with Gasteiger partial charge in [-0.3, -0.25) is 4.79 Å². The number of nitrogens with zero attached hydrogens (tertiary/aromatic N) is 4. The number of thiophene rings is 1. The number of thiazole rings is 1. The van der Waals surface area contributed by atoms with Crippen LogP contribution in [0, 0.1) is 0 Å². The largest absolute Gasteiger partial charge is 0.359 e. The summed E-state index contributed by atoms with van der Waals surface area (Å²) in [6.45, 7) is 4.73. The van der Waals surface area contributed by atoms with Crippen LogP contribution in [0.1, 0.15) is 31.9 Å². The van der Waals surface area contributed by atoms with Crippen LogP contribution in [0.2, 0.25) is 0 Å². The first kappa shape index (κ1) is 20.4. The van der Waals surface area contributed by atoms with E-state index in [9.17, 15) is 4.79 Å². The number of aromatic nitrogens is 3. The average molecular weight is 438 g/mol. The minimum atomic E-state index is -0.0490. The Morgan fingerprint density at radius 2 is 2.00 bits per heavy atom. The van der Waals surface area contributed by atoms with Gasteiger partial charge in [0.05, 0.1) is 11.1 Å². The van der Waals surface area contributed by atoms with Crippen molar-refractivity contribution in [3.8, 4) is 10.4 Å². The lowest BCUT2D eigenvalue weighted by molar-refractivity contribution is -0.116. The van der Waals surface area contributed by atoms with Crippen LogP contribution in [0.4, 0.5) is 10.9 Å². The molecule has 0 bridgehead atoms.